The maximum atomic E-state index is 10.3. The van der Waals surface area contributed by atoms with Gasteiger partial charge in [-0.2, -0.15) is 0 Å². The van der Waals surface area contributed by atoms with Gasteiger partial charge in [0.1, 0.15) is 5.75 Å². The average molecular weight is 280 g/mol. The molecule has 0 aliphatic carbocycles. The maximum absolute atomic E-state index is 10.3. The molecule has 2 rings (SSSR count). The van der Waals surface area contributed by atoms with Crippen molar-refractivity contribution in [1.29, 1.82) is 0 Å². The zero-order valence-electron chi connectivity index (χ0n) is 10.9. The molecule has 2 aromatic rings. The van der Waals surface area contributed by atoms with Crippen LogP contribution < -0.4 is 4.52 Å². The Morgan fingerprint density at radius 3 is 1.63 bits per heavy atom. The fourth-order valence-corrected chi connectivity index (χ4v) is 1.68. The maximum Gasteiger partial charge on any atom is 0.524 e. The highest BCUT2D eigenvalue weighted by Gasteiger charge is 2.14. The first kappa shape index (κ1) is 15.4. The lowest BCUT2D eigenvalue weighted by Gasteiger charge is -2.04. The lowest BCUT2D eigenvalue weighted by Crippen LogP contribution is -1.88. The number of benzene rings is 2. The molecule has 0 spiro atoms. The number of hydrogen-bond acceptors (Lipinski definition) is 2. The van der Waals surface area contributed by atoms with E-state index in [2.05, 4.69) is 42.6 Å². The van der Waals surface area contributed by atoms with Crippen molar-refractivity contribution >= 4 is 7.82 Å². The number of hydrogen-bond donors (Lipinski definition) is 2. The summed E-state index contributed by atoms with van der Waals surface area (Å²) in [6.45, 7) is 4.24. The standard InChI is InChI=1S/C8H10.C6H7O4P/c1-7-5-3-4-6-8(7)2;7-11(8,9)10-6-4-2-1-3-5-6/h3-6H,1-2H3;1-5H,(H2,7,8,9). The Morgan fingerprint density at radius 1 is 0.842 bits per heavy atom. The van der Waals surface area contributed by atoms with E-state index < -0.39 is 7.82 Å². The van der Waals surface area contributed by atoms with Crippen LogP contribution in [0, 0.1) is 13.8 Å². The van der Waals surface area contributed by atoms with Gasteiger partial charge in [0.15, 0.2) is 0 Å². The Hall–Kier alpha value is -1.61. The van der Waals surface area contributed by atoms with Crippen LogP contribution in [0.2, 0.25) is 0 Å². The van der Waals surface area contributed by atoms with Crippen LogP contribution in [-0.4, -0.2) is 9.79 Å². The molecule has 102 valence electrons. The molecule has 2 N–H and O–H groups in total. The van der Waals surface area contributed by atoms with Crippen LogP contribution in [-0.2, 0) is 4.57 Å². The lowest BCUT2D eigenvalue weighted by atomic mass is 10.1. The largest absolute Gasteiger partial charge is 0.524 e. The van der Waals surface area contributed by atoms with Crippen LogP contribution in [0.4, 0.5) is 0 Å². The van der Waals surface area contributed by atoms with Gasteiger partial charge in [-0.3, -0.25) is 9.79 Å². The second-order valence-electron chi connectivity index (χ2n) is 3.98. The van der Waals surface area contributed by atoms with E-state index in [4.69, 9.17) is 9.79 Å². The van der Waals surface area contributed by atoms with E-state index in [-0.39, 0.29) is 5.75 Å². The highest BCUT2D eigenvalue weighted by molar-refractivity contribution is 7.46. The fourth-order valence-electron chi connectivity index (χ4n) is 1.28. The number of rotatable bonds is 2. The Balaban J connectivity index is 0.000000200. The first-order valence-corrected chi connectivity index (χ1v) is 7.24. The molecule has 0 aromatic heterocycles. The van der Waals surface area contributed by atoms with Crippen molar-refractivity contribution < 1.29 is 18.9 Å². The van der Waals surface area contributed by atoms with Crippen LogP contribution in [0.15, 0.2) is 54.6 Å². The average Bonchev–Trinajstić information content (AvgIpc) is 2.33. The van der Waals surface area contributed by atoms with Crippen LogP contribution in [0.25, 0.3) is 0 Å². The number of para-hydroxylation sites is 1. The van der Waals surface area contributed by atoms with Crippen molar-refractivity contribution in [2.45, 2.75) is 13.8 Å². The Labute approximate surface area is 112 Å². The summed E-state index contributed by atoms with van der Waals surface area (Å²) >= 11 is 0. The number of aryl methyl sites for hydroxylation is 2. The summed E-state index contributed by atoms with van der Waals surface area (Å²) < 4.78 is 14.5. The quantitative estimate of drug-likeness (QED) is 0.827. The zero-order chi connectivity index (χ0) is 14.3. The van der Waals surface area contributed by atoms with Gasteiger partial charge in [0.25, 0.3) is 0 Å². The minimum absolute atomic E-state index is 0.167. The molecule has 0 fully saturated rings. The molecule has 5 heteroatoms. The molecule has 0 heterocycles. The van der Waals surface area contributed by atoms with Crippen LogP contribution in [0.3, 0.4) is 0 Å². The van der Waals surface area contributed by atoms with Crippen molar-refractivity contribution in [3.05, 3.63) is 65.7 Å². The first-order valence-electron chi connectivity index (χ1n) is 5.71. The lowest BCUT2D eigenvalue weighted by molar-refractivity contribution is 0.283. The third-order valence-electron chi connectivity index (χ3n) is 2.39. The molecule has 0 aliphatic heterocycles. The topological polar surface area (TPSA) is 66.8 Å². The highest BCUT2D eigenvalue weighted by atomic mass is 31.2. The van der Waals surface area contributed by atoms with Gasteiger partial charge in [-0.15, -0.1) is 0 Å². The molecule has 0 radical (unpaired) electrons. The van der Waals surface area contributed by atoms with E-state index in [1.165, 1.54) is 23.3 Å². The molecule has 4 nitrogen and oxygen atoms in total. The van der Waals surface area contributed by atoms with Crippen molar-refractivity contribution in [1.82, 2.24) is 0 Å². The summed E-state index contributed by atoms with van der Waals surface area (Å²) in [6, 6.07) is 16.3. The molecule has 0 atom stereocenters. The first-order chi connectivity index (χ1) is 8.88. The molecule has 19 heavy (non-hydrogen) atoms. The van der Waals surface area contributed by atoms with Gasteiger partial charge >= 0.3 is 7.82 Å². The van der Waals surface area contributed by atoms with E-state index in [0.29, 0.717) is 0 Å². The minimum Gasteiger partial charge on any atom is -0.404 e. The molecule has 0 amide bonds. The van der Waals surface area contributed by atoms with Gasteiger partial charge in [0, 0.05) is 0 Å². The Kier molecular flexibility index (Phi) is 5.77. The Morgan fingerprint density at radius 2 is 1.26 bits per heavy atom. The molecular formula is C14H17O4P. The van der Waals surface area contributed by atoms with Crippen molar-refractivity contribution in [2.24, 2.45) is 0 Å². The molecule has 0 aliphatic rings. The zero-order valence-corrected chi connectivity index (χ0v) is 11.7. The highest BCUT2D eigenvalue weighted by Crippen LogP contribution is 2.36. The monoisotopic (exact) mass is 280 g/mol. The van der Waals surface area contributed by atoms with Crippen LogP contribution >= 0.6 is 7.82 Å². The summed E-state index contributed by atoms with van der Waals surface area (Å²) in [4.78, 5) is 16.7. The van der Waals surface area contributed by atoms with Crippen molar-refractivity contribution in [3.63, 3.8) is 0 Å². The van der Waals surface area contributed by atoms with Crippen LogP contribution in [0.5, 0.6) is 5.75 Å². The van der Waals surface area contributed by atoms with Crippen molar-refractivity contribution in [3.8, 4) is 5.75 Å². The van der Waals surface area contributed by atoms with Gasteiger partial charge in [-0.1, -0.05) is 42.5 Å². The van der Waals surface area contributed by atoms with Gasteiger partial charge in [-0.05, 0) is 37.1 Å². The number of phosphoric ester groups is 1. The summed E-state index contributed by atoms with van der Waals surface area (Å²) in [7, 11) is -4.39. The van der Waals surface area contributed by atoms with Crippen molar-refractivity contribution in [2.75, 3.05) is 0 Å². The molecular weight excluding hydrogens is 263 g/mol. The van der Waals surface area contributed by atoms with Gasteiger partial charge in [0.05, 0.1) is 0 Å². The molecule has 2 aromatic carbocycles. The van der Waals surface area contributed by atoms with Gasteiger partial charge < -0.3 is 4.52 Å². The molecule has 0 bridgehead atoms. The molecule has 0 unspecified atom stereocenters. The van der Waals surface area contributed by atoms with Gasteiger partial charge in [0.2, 0.25) is 0 Å². The summed E-state index contributed by atoms with van der Waals surface area (Å²) in [5.41, 5.74) is 2.74. The van der Waals surface area contributed by atoms with E-state index >= 15 is 0 Å². The smallest absolute Gasteiger partial charge is 0.404 e. The Bertz CT molecular complexity index is 527. The molecule has 0 saturated carbocycles. The van der Waals surface area contributed by atoms with E-state index in [9.17, 15) is 4.57 Å². The fraction of sp³-hybridized carbons (Fsp3) is 0.143. The normalized spacial score (nSPS) is 10.3. The minimum atomic E-state index is -4.39. The van der Waals surface area contributed by atoms with E-state index in [1.807, 2.05) is 0 Å². The van der Waals surface area contributed by atoms with E-state index in [1.54, 1.807) is 18.2 Å². The summed E-state index contributed by atoms with van der Waals surface area (Å²) in [5, 5.41) is 0. The summed E-state index contributed by atoms with van der Waals surface area (Å²) in [6.07, 6.45) is 0. The van der Waals surface area contributed by atoms with Crippen LogP contribution in [0.1, 0.15) is 11.1 Å². The predicted octanol–water partition coefficient (Wildman–Crippen LogP) is 3.46. The summed E-state index contributed by atoms with van der Waals surface area (Å²) in [5.74, 6) is 0.167. The second-order valence-corrected chi connectivity index (χ2v) is 5.14. The third kappa shape index (κ3) is 6.77. The third-order valence-corrected chi connectivity index (χ3v) is 2.84. The number of phosphoric acid groups is 1. The second kappa shape index (κ2) is 7.10. The van der Waals surface area contributed by atoms with E-state index in [0.717, 1.165) is 0 Å². The SMILES string of the molecule is Cc1ccccc1C.O=P(O)(O)Oc1ccccc1. The van der Waals surface area contributed by atoms with Gasteiger partial charge in [-0.25, -0.2) is 4.57 Å². The predicted molar refractivity (Wildman–Crippen MR) is 75.0 cm³/mol. The molecule has 0 saturated heterocycles.